The number of rotatable bonds is 8. The van der Waals surface area contributed by atoms with Crippen molar-refractivity contribution in [3.63, 3.8) is 0 Å². The largest absolute Gasteiger partial charge is 0.497 e. The Hall–Kier alpha value is -5.03. The molecule has 186 valence electrons. The van der Waals surface area contributed by atoms with Gasteiger partial charge in [0, 0.05) is 23.9 Å². The van der Waals surface area contributed by atoms with Crippen LogP contribution in [0.1, 0.15) is 5.56 Å². The molecule has 0 bridgehead atoms. The van der Waals surface area contributed by atoms with E-state index in [9.17, 15) is 14.9 Å². The molecule has 3 aromatic carbocycles. The maximum absolute atomic E-state index is 13.1. The molecule has 0 atom stereocenters. The normalized spacial score (nSPS) is 10.3. The first-order chi connectivity index (χ1) is 17.9. The Labute approximate surface area is 214 Å². The Balaban J connectivity index is 1.67. The fraction of sp³-hybridized carbons (Fsp3) is 0.138. The summed E-state index contributed by atoms with van der Waals surface area (Å²) in [4.78, 5) is 25.4. The topological polar surface area (TPSA) is 103 Å². The molecular weight excluding hydrogens is 470 g/mol. The van der Waals surface area contributed by atoms with Gasteiger partial charge in [-0.2, -0.15) is 5.26 Å². The summed E-state index contributed by atoms with van der Waals surface area (Å²) in [6.07, 6.45) is 0. The molecule has 4 aromatic rings. The molecule has 37 heavy (non-hydrogen) atoms. The van der Waals surface area contributed by atoms with Gasteiger partial charge in [0.1, 0.15) is 17.4 Å². The van der Waals surface area contributed by atoms with Gasteiger partial charge in [-0.05, 0) is 48.0 Å². The first kappa shape index (κ1) is 25.1. The van der Waals surface area contributed by atoms with E-state index in [0.29, 0.717) is 39.8 Å². The SMILES string of the molecule is COc1cccc(-c2cc(-c3ccc(OCC(=O)Nc4ccccc4)c(OC)c3)c(C#N)c(=O)n2C)c1. The Morgan fingerprint density at radius 3 is 2.41 bits per heavy atom. The molecule has 0 spiro atoms. The number of nitrogens with zero attached hydrogens (tertiary/aromatic N) is 2. The van der Waals surface area contributed by atoms with Crippen LogP contribution >= 0.6 is 0 Å². The van der Waals surface area contributed by atoms with Gasteiger partial charge in [-0.1, -0.05) is 36.4 Å². The summed E-state index contributed by atoms with van der Waals surface area (Å²) in [6, 6.07) is 25.3. The number of methoxy groups -OCH3 is 2. The van der Waals surface area contributed by atoms with Crippen molar-refractivity contribution >= 4 is 11.6 Å². The molecule has 8 nitrogen and oxygen atoms in total. The Morgan fingerprint density at radius 1 is 0.919 bits per heavy atom. The second-order valence-corrected chi connectivity index (χ2v) is 8.09. The molecule has 1 heterocycles. The Kier molecular flexibility index (Phi) is 7.55. The molecule has 1 N–H and O–H groups in total. The molecule has 8 heteroatoms. The maximum Gasteiger partial charge on any atom is 0.269 e. The lowest BCUT2D eigenvalue weighted by molar-refractivity contribution is -0.118. The molecule has 4 rings (SSSR count). The monoisotopic (exact) mass is 495 g/mol. The van der Waals surface area contributed by atoms with Gasteiger partial charge < -0.3 is 24.1 Å². The van der Waals surface area contributed by atoms with E-state index >= 15 is 0 Å². The van der Waals surface area contributed by atoms with Gasteiger partial charge >= 0.3 is 0 Å². The van der Waals surface area contributed by atoms with Crippen molar-refractivity contribution in [3.8, 4) is 45.7 Å². The molecule has 0 aliphatic carbocycles. The van der Waals surface area contributed by atoms with Gasteiger partial charge in [0.25, 0.3) is 11.5 Å². The van der Waals surface area contributed by atoms with Crippen LogP contribution in [0, 0.1) is 11.3 Å². The predicted molar refractivity (Wildman–Crippen MR) is 141 cm³/mol. The fourth-order valence-electron chi connectivity index (χ4n) is 3.91. The lowest BCUT2D eigenvalue weighted by Crippen LogP contribution is -2.22. The standard InChI is InChI=1S/C29H25N3O5/c1-32-25(20-8-7-11-22(14-20)35-2)16-23(24(17-30)29(32)34)19-12-13-26(27(15-19)36-3)37-18-28(33)31-21-9-5-4-6-10-21/h4-16H,18H2,1-3H3,(H,31,33). The quantitative estimate of drug-likeness (QED) is 0.383. The first-order valence-corrected chi connectivity index (χ1v) is 11.4. The second-order valence-electron chi connectivity index (χ2n) is 8.09. The van der Waals surface area contributed by atoms with Gasteiger partial charge in [0.2, 0.25) is 0 Å². The minimum Gasteiger partial charge on any atom is -0.497 e. The van der Waals surface area contributed by atoms with E-state index < -0.39 is 5.56 Å². The number of benzene rings is 3. The average Bonchev–Trinajstić information content (AvgIpc) is 2.93. The highest BCUT2D eigenvalue weighted by Gasteiger charge is 2.18. The van der Waals surface area contributed by atoms with E-state index in [1.54, 1.807) is 50.6 Å². The molecule has 1 aromatic heterocycles. The van der Waals surface area contributed by atoms with Crippen LogP contribution in [0.3, 0.4) is 0 Å². The number of carbonyl (C=O) groups is 1. The van der Waals surface area contributed by atoms with Crippen LogP contribution in [-0.4, -0.2) is 31.3 Å². The summed E-state index contributed by atoms with van der Waals surface area (Å²) in [5.74, 6) is 1.04. The number of ether oxygens (including phenoxy) is 3. The number of aromatic nitrogens is 1. The molecule has 0 unspecified atom stereocenters. The third kappa shape index (κ3) is 5.46. The molecule has 0 aliphatic rings. The number of para-hydroxylation sites is 1. The number of hydrogen-bond donors (Lipinski definition) is 1. The Morgan fingerprint density at radius 2 is 1.70 bits per heavy atom. The van der Waals surface area contributed by atoms with E-state index in [1.807, 2.05) is 48.5 Å². The van der Waals surface area contributed by atoms with Crippen LogP contribution in [0.2, 0.25) is 0 Å². The molecule has 0 saturated heterocycles. The summed E-state index contributed by atoms with van der Waals surface area (Å²) < 4.78 is 17.9. The number of anilines is 1. The van der Waals surface area contributed by atoms with Crippen molar-refractivity contribution in [2.45, 2.75) is 0 Å². The van der Waals surface area contributed by atoms with Crippen LogP contribution in [0.15, 0.2) is 83.7 Å². The number of carbonyl (C=O) groups excluding carboxylic acids is 1. The summed E-state index contributed by atoms with van der Waals surface area (Å²) >= 11 is 0. The van der Waals surface area contributed by atoms with Gasteiger partial charge in [0.15, 0.2) is 18.1 Å². The summed E-state index contributed by atoms with van der Waals surface area (Å²) in [5.41, 5.74) is 2.68. The zero-order valence-electron chi connectivity index (χ0n) is 20.6. The number of amides is 1. The third-order valence-corrected chi connectivity index (χ3v) is 5.80. The van der Waals surface area contributed by atoms with E-state index in [0.717, 1.165) is 5.56 Å². The van der Waals surface area contributed by atoms with Gasteiger partial charge in [-0.3, -0.25) is 9.59 Å². The molecule has 0 aliphatic heterocycles. The van der Waals surface area contributed by atoms with Crippen LogP contribution in [0.25, 0.3) is 22.4 Å². The van der Waals surface area contributed by atoms with Gasteiger partial charge in [-0.25, -0.2) is 0 Å². The molecular formula is C29H25N3O5. The van der Waals surface area contributed by atoms with Crippen LogP contribution in [0.4, 0.5) is 5.69 Å². The van der Waals surface area contributed by atoms with Gasteiger partial charge in [-0.15, -0.1) is 0 Å². The van der Waals surface area contributed by atoms with E-state index in [4.69, 9.17) is 14.2 Å². The van der Waals surface area contributed by atoms with Gasteiger partial charge in [0.05, 0.1) is 19.9 Å². The molecule has 0 saturated carbocycles. The summed E-state index contributed by atoms with van der Waals surface area (Å²) in [7, 11) is 4.68. The summed E-state index contributed by atoms with van der Waals surface area (Å²) in [6.45, 7) is -0.222. The van der Waals surface area contributed by atoms with Crippen molar-refractivity contribution in [1.29, 1.82) is 5.26 Å². The molecule has 0 fully saturated rings. The van der Waals surface area contributed by atoms with E-state index in [2.05, 4.69) is 5.32 Å². The number of pyridine rings is 1. The minimum atomic E-state index is -0.422. The van der Waals surface area contributed by atoms with Crippen molar-refractivity contribution in [2.75, 3.05) is 26.1 Å². The Bertz CT molecular complexity index is 1540. The van der Waals surface area contributed by atoms with Crippen LogP contribution in [0.5, 0.6) is 17.2 Å². The third-order valence-electron chi connectivity index (χ3n) is 5.80. The number of nitrogens with one attached hydrogen (secondary N) is 1. The smallest absolute Gasteiger partial charge is 0.269 e. The van der Waals surface area contributed by atoms with E-state index in [-0.39, 0.29) is 18.1 Å². The van der Waals surface area contributed by atoms with Crippen molar-refractivity contribution in [2.24, 2.45) is 7.05 Å². The van der Waals surface area contributed by atoms with Crippen molar-refractivity contribution < 1.29 is 19.0 Å². The second kappa shape index (κ2) is 11.1. The van der Waals surface area contributed by atoms with Crippen molar-refractivity contribution in [1.82, 2.24) is 4.57 Å². The maximum atomic E-state index is 13.1. The highest BCUT2D eigenvalue weighted by atomic mass is 16.5. The number of nitriles is 1. The highest BCUT2D eigenvalue weighted by Crippen LogP contribution is 2.35. The predicted octanol–water partition coefficient (Wildman–Crippen LogP) is 4.63. The average molecular weight is 496 g/mol. The van der Waals surface area contributed by atoms with Crippen LogP contribution in [-0.2, 0) is 11.8 Å². The highest BCUT2D eigenvalue weighted by molar-refractivity contribution is 5.91. The van der Waals surface area contributed by atoms with E-state index in [1.165, 1.54) is 11.7 Å². The van der Waals surface area contributed by atoms with Crippen LogP contribution < -0.4 is 25.1 Å². The first-order valence-electron chi connectivity index (χ1n) is 11.4. The lowest BCUT2D eigenvalue weighted by atomic mass is 9.98. The zero-order chi connectivity index (χ0) is 26.4. The summed E-state index contributed by atoms with van der Waals surface area (Å²) in [5, 5.41) is 12.5. The molecule has 1 amide bonds. The lowest BCUT2D eigenvalue weighted by Gasteiger charge is -2.16. The molecule has 0 radical (unpaired) electrons. The zero-order valence-corrected chi connectivity index (χ0v) is 20.6. The van der Waals surface area contributed by atoms with Crippen molar-refractivity contribution in [3.05, 3.63) is 94.8 Å². The number of hydrogen-bond acceptors (Lipinski definition) is 6. The fourth-order valence-corrected chi connectivity index (χ4v) is 3.91. The minimum absolute atomic E-state index is 0.00658.